The molecule has 126 valence electrons. The average Bonchev–Trinajstić information content (AvgIpc) is 2.45. The Bertz CT molecular complexity index is 555. The second kappa shape index (κ2) is 9.53. The molecule has 0 bridgehead atoms. The Morgan fingerprint density at radius 2 is 1.77 bits per heavy atom. The molecule has 22 heavy (non-hydrogen) atoms. The molecule has 1 aromatic carbocycles. The van der Waals surface area contributed by atoms with Crippen LogP contribution in [0.1, 0.15) is 18.0 Å². The first-order valence-electron chi connectivity index (χ1n) is 6.88. The van der Waals surface area contributed by atoms with E-state index in [0.717, 1.165) is 38.2 Å². The normalized spacial score (nSPS) is 17.0. The van der Waals surface area contributed by atoms with Gasteiger partial charge in [0.05, 0.1) is 4.90 Å². The summed E-state index contributed by atoms with van der Waals surface area (Å²) in [5, 5.41) is 3.35. The molecule has 1 fully saturated rings. The third-order valence-corrected chi connectivity index (χ3v) is 4.80. The molecule has 0 radical (unpaired) electrons. The molecule has 2 rings (SSSR count). The van der Waals surface area contributed by atoms with Crippen molar-refractivity contribution in [1.82, 2.24) is 10.2 Å². The highest BCUT2D eigenvalue weighted by Crippen LogP contribution is 2.26. The lowest BCUT2D eigenvalue weighted by atomic mass is 10.0. The predicted octanol–water partition coefficient (Wildman–Crippen LogP) is 2.46. The lowest BCUT2D eigenvalue weighted by Gasteiger charge is -2.34. The maximum Gasteiger partial charge on any atom is 0.175 e. The molecule has 0 aromatic heterocycles. The van der Waals surface area contributed by atoms with Crippen molar-refractivity contribution in [3.05, 3.63) is 42.5 Å². The Balaban J connectivity index is 0.00000220. The second-order valence-electron chi connectivity index (χ2n) is 5.17. The fourth-order valence-corrected chi connectivity index (χ4v) is 3.22. The van der Waals surface area contributed by atoms with Crippen LogP contribution < -0.4 is 5.32 Å². The van der Waals surface area contributed by atoms with Crippen LogP contribution in [0, 0.1) is 0 Å². The molecule has 0 saturated carbocycles. The first kappa shape index (κ1) is 21.4. The summed E-state index contributed by atoms with van der Waals surface area (Å²) in [5.41, 5.74) is 1.15. The molecule has 1 N–H and O–H groups in total. The smallest absolute Gasteiger partial charge is 0.175 e. The third kappa shape index (κ3) is 5.56. The number of sulfone groups is 1. The molecule has 1 saturated heterocycles. The van der Waals surface area contributed by atoms with Crippen LogP contribution in [0.25, 0.3) is 0 Å². The van der Waals surface area contributed by atoms with Gasteiger partial charge in [0, 0.05) is 38.5 Å². The summed E-state index contributed by atoms with van der Waals surface area (Å²) < 4.78 is 23.0. The highest BCUT2D eigenvalue weighted by molar-refractivity contribution is 7.90. The fraction of sp³-hybridized carbons (Fsp3) is 0.467. The van der Waals surface area contributed by atoms with Gasteiger partial charge in [-0.25, -0.2) is 8.42 Å². The van der Waals surface area contributed by atoms with Crippen LogP contribution in [0.5, 0.6) is 0 Å². The minimum Gasteiger partial charge on any atom is -0.314 e. The first-order chi connectivity index (χ1) is 9.52. The summed E-state index contributed by atoms with van der Waals surface area (Å²) in [7, 11) is -3.13. The molecule has 1 atom stereocenters. The number of hydrogen-bond donors (Lipinski definition) is 1. The van der Waals surface area contributed by atoms with Crippen LogP contribution in [0.2, 0.25) is 0 Å². The van der Waals surface area contributed by atoms with Crippen LogP contribution in [-0.4, -0.2) is 45.8 Å². The van der Waals surface area contributed by atoms with Crippen molar-refractivity contribution in [3.8, 4) is 0 Å². The lowest BCUT2D eigenvalue weighted by Crippen LogP contribution is -2.45. The number of hydrogen-bond acceptors (Lipinski definition) is 4. The van der Waals surface area contributed by atoms with E-state index in [-0.39, 0.29) is 30.9 Å². The largest absolute Gasteiger partial charge is 0.314 e. The molecule has 1 aromatic rings. The predicted molar refractivity (Wildman–Crippen MR) is 96.0 cm³/mol. The van der Waals surface area contributed by atoms with E-state index in [1.54, 1.807) is 12.1 Å². The number of nitrogens with zero attached hydrogens (tertiary/aromatic N) is 1. The van der Waals surface area contributed by atoms with E-state index >= 15 is 0 Å². The summed E-state index contributed by atoms with van der Waals surface area (Å²) in [6.45, 7) is 7.84. The number of rotatable bonds is 5. The molecule has 0 unspecified atom stereocenters. The van der Waals surface area contributed by atoms with Gasteiger partial charge in [0.25, 0.3) is 0 Å². The Labute approximate surface area is 145 Å². The second-order valence-corrected chi connectivity index (χ2v) is 7.18. The van der Waals surface area contributed by atoms with Crippen LogP contribution in [0.3, 0.4) is 0 Å². The fourth-order valence-electron chi connectivity index (χ4n) is 2.58. The molecule has 0 amide bonds. The Kier molecular flexibility index (Phi) is 9.27. The number of halogens is 2. The van der Waals surface area contributed by atoms with E-state index in [1.165, 1.54) is 6.26 Å². The van der Waals surface area contributed by atoms with Gasteiger partial charge in [0.2, 0.25) is 0 Å². The molecule has 0 spiro atoms. The average molecular weight is 367 g/mol. The van der Waals surface area contributed by atoms with E-state index in [0.29, 0.717) is 4.90 Å². The van der Waals surface area contributed by atoms with E-state index in [4.69, 9.17) is 0 Å². The number of piperazine rings is 1. The Hall–Kier alpha value is -0.590. The van der Waals surface area contributed by atoms with Crippen molar-refractivity contribution in [2.45, 2.75) is 17.4 Å². The summed E-state index contributed by atoms with van der Waals surface area (Å²) >= 11 is 0. The zero-order valence-electron chi connectivity index (χ0n) is 12.7. The van der Waals surface area contributed by atoms with Gasteiger partial charge in [0.15, 0.2) is 9.84 Å². The Morgan fingerprint density at radius 1 is 1.23 bits per heavy atom. The van der Waals surface area contributed by atoms with Crippen LogP contribution in [0.4, 0.5) is 0 Å². The minimum atomic E-state index is -3.13. The number of nitrogens with one attached hydrogen (secondary N) is 1. The molecular formula is C15H24Cl2N2O2S. The summed E-state index contributed by atoms with van der Waals surface area (Å²) in [5.74, 6) is 0. The highest BCUT2D eigenvalue weighted by atomic mass is 35.5. The van der Waals surface area contributed by atoms with Gasteiger partial charge < -0.3 is 5.32 Å². The SMILES string of the molecule is C=CC[C@@H](c1ccc(S(C)(=O)=O)cc1)N1CCNCC1.Cl.Cl. The highest BCUT2D eigenvalue weighted by Gasteiger charge is 2.21. The zero-order valence-corrected chi connectivity index (χ0v) is 15.1. The summed E-state index contributed by atoms with van der Waals surface area (Å²) in [6.07, 6.45) is 4.04. The van der Waals surface area contributed by atoms with Gasteiger partial charge in [-0.1, -0.05) is 18.2 Å². The lowest BCUT2D eigenvalue weighted by molar-refractivity contribution is 0.174. The standard InChI is InChI=1S/C15H22N2O2S.2ClH/c1-3-4-15(17-11-9-16-10-12-17)13-5-7-14(8-6-13)20(2,18)19;;/h3,5-8,15-16H,1,4,9-12H2,2H3;2*1H/t15-;;/m0../s1. The molecule has 7 heteroatoms. The van der Waals surface area contributed by atoms with Gasteiger partial charge in [0.1, 0.15) is 0 Å². The third-order valence-electron chi connectivity index (χ3n) is 3.68. The monoisotopic (exact) mass is 366 g/mol. The molecule has 4 nitrogen and oxygen atoms in total. The zero-order chi connectivity index (χ0) is 14.6. The summed E-state index contributed by atoms with van der Waals surface area (Å²) in [6, 6.07) is 7.52. The van der Waals surface area contributed by atoms with Gasteiger partial charge in [-0.2, -0.15) is 0 Å². The van der Waals surface area contributed by atoms with Gasteiger partial charge in [-0.15, -0.1) is 31.4 Å². The van der Waals surface area contributed by atoms with E-state index in [9.17, 15) is 8.42 Å². The van der Waals surface area contributed by atoms with Crippen LogP contribution in [-0.2, 0) is 9.84 Å². The molecule has 0 aliphatic carbocycles. The van der Waals surface area contributed by atoms with E-state index in [1.807, 2.05) is 18.2 Å². The van der Waals surface area contributed by atoms with Crippen LogP contribution in [0.15, 0.2) is 41.8 Å². The maximum atomic E-state index is 11.5. The van der Waals surface area contributed by atoms with Crippen molar-refractivity contribution < 1.29 is 8.42 Å². The first-order valence-corrected chi connectivity index (χ1v) is 8.77. The van der Waals surface area contributed by atoms with Gasteiger partial charge >= 0.3 is 0 Å². The summed E-state index contributed by atoms with van der Waals surface area (Å²) in [4.78, 5) is 2.80. The van der Waals surface area contributed by atoms with Crippen molar-refractivity contribution in [3.63, 3.8) is 0 Å². The topological polar surface area (TPSA) is 49.4 Å². The van der Waals surface area contributed by atoms with Crippen molar-refractivity contribution >= 4 is 34.7 Å². The number of benzene rings is 1. The molecule has 1 heterocycles. The van der Waals surface area contributed by atoms with Gasteiger partial charge in [-0.3, -0.25) is 4.90 Å². The van der Waals surface area contributed by atoms with Crippen molar-refractivity contribution in [1.29, 1.82) is 0 Å². The van der Waals surface area contributed by atoms with Crippen molar-refractivity contribution in [2.24, 2.45) is 0 Å². The Morgan fingerprint density at radius 3 is 2.23 bits per heavy atom. The van der Waals surface area contributed by atoms with Crippen LogP contribution >= 0.6 is 24.8 Å². The minimum absolute atomic E-state index is 0. The quantitative estimate of drug-likeness (QED) is 0.813. The van der Waals surface area contributed by atoms with E-state index < -0.39 is 9.84 Å². The maximum absolute atomic E-state index is 11.5. The van der Waals surface area contributed by atoms with Crippen molar-refractivity contribution in [2.75, 3.05) is 32.4 Å². The molecule has 1 aliphatic heterocycles. The van der Waals surface area contributed by atoms with E-state index in [2.05, 4.69) is 16.8 Å². The van der Waals surface area contributed by atoms with Gasteiger partial charge in [-0.05, 0) is 24.1 Å². The molecule has 1 aliphatic rings. The molecular weight excluding hydrogens is 343 g/mol.